The molecule has 0 saturated carbocycles. The SMILES string of the molecule is CCCNc1ccncc1S(=O)(=O)N1CCOC(C)(C)C1. The van der Waals surface area contributed by atoms with E-state index in [1.165, 1.54) is 10.5 Å². The first-order chi connectivity index (χ1) is 9.87. The van der Waals surface area contributed by atoms with Gasteiger partial charge in [-0.1, -0.05) is 6.92 Å². The summed E-state index contributed by atoms with van der Waals surface area (Å²) in [6.45, 7) is 7.67. The van der Waals surface area contributed by atoms with E-state index < -0.39 is 15.6 Å². The Kier molecular flexibility index (Phi) is 4.85. The molecular formula is C14H23N3O3S. The number of ether oxygens (including phenoxy) is 1. The van der Waals surface area contributed by atoms with Crippen molar-refractivity contribution in [2.45, 2.75) is 37.7 Å². The lowest BCUT2D eigenvalue weighted by Crippen LogP contribution is -2.50. The first-order valence-electron chi connectivity index (χ1n) is 7.19. The summed E-state index contributed by atoms with van der Waals surface area (Å²) in [4.78, 5) is 4.21. The maximum absolute atomic E-state index is 12.8. The van der Waals surface area contributed by atoms with Gasteiger partial charge in [-0.25, -0.2) is 8.42 Å². The molecule has 2 rings (SSSR count). The van der Waals surface area contributed by atoms with Gasteiger partial charge >= 0.3 is 0 Å². The molecule has 1 aliphatic rings. The van der Waals surface area contributed by atoms with Crippen LogP contribution < -0.4 is 5.32 Å². The van der Waals surface area contributed by atoms with Crippen molar-refractivity contribution in [2.75, 3.05) is 31.6 Å². The molecule has 0 bridgehead atoms. The number of aromatic nitrogens is 1. The van der Waals surface area contributed by atoms with Gasteiger partial charge in [-0.3, -0.25) is 4.98 Å². The Morgan fingerprint density at radius 1 is 1.48 bits per heavy atom. The quantitative estimate of drug-likeness (QED) is 0.896. The van der Waals surface area contributed by atoms with Crippen LogP contribution in [-0.2, 0) is 14.8 Å². The van der Waals surface area contributed by atoms with E-state index in [1.54, 1.807) is 12.3 Å². The lowest BCUT2D eigenvalue weighted by molar-refractivity contribution is -0.0640. The van der Waals surface area contributed by atoms with E-state index >= 15 is 0 Å². The van der Waals surface area contributed by atoms with E-state index in [4.69, 9.17) is 4.74 Å². The van der Waals surface area contributed by atoms with E-state index in [9.17, 15) is 8.42 Å². The van der Waals surface area contributed by atoms with Crippen molar-refractivity contribution in [3.8, 4) is 0 Å². The highest BCUT2D eigenvalue weighted by molar-refractivity contribution is 7.89. The number of morpholine rings is 1. The second-order valence-electron chi connectivity index (χ2n) is 5.75. The highest BCUT2D eigenvalue weighted by Crippen LogP contribution is 2.27. The molecule has 6 nitrogen and oxygen atoms in total. The number of nitrogens with one attached hydrogen (secondary N) is 1. The molecule has 0 spiro atoms. The maximum atomic E-state index is 12.8. The summed E-state index contributed by atoms with van der Waals surface area (Å²) in [6.07, 6.45) is 3.93. The zero-order valence-corrected chi connectivity index (χ0v) is 13.6. The molecule has 1 aromatic rings. The third kappa shape index (κ3) is 3.72. The molecule has 0 radical (unpaired) electrons. The van der Waals surface area contributed by atoms with E-state index in [-0.39, 0.29) is 4.90 Å². The summed E-state index contributed by atoms with van der Waals surface area (Å²) in [5.74, 6) is 0. The Bertz CT molecular complexity index is 587. The second-order valence-corrected chi connectivity index (χ2v) is 7.65. The Balaban J connectivity index is 2.31. The van der Waals surface area contributed by atoms with E-state index in [0.29, 0.717) is 25.4 Å². The van der Waals surface area contributed by atoms with Gasteiger partial charge in [0.25, 0.3) is 0 Å². The topological polar surface area (TPSA) is 71.5 Å². The zero-order valence-electron chi connectivity index (χ0n) is 12.8. The van der Waals surface area contributed by atoms with Crippen LogP contribution in [0.25, 0.3) is 0 Å². The van der Waals surface area contributed by atoms with Gasteiger partial charge in [-0.15, -0.1) is 0 Å². The van der Waals surface area contributed by atoms with Crippen LogP contribution >= 0.6 is 0 Å². The molecule has 0 aromatic carbocycles. The number of hydrogen-bond donors (Lipinski definition) is 1. The molecule has 7 heteroatoms. The maximum Gasteiger partial charge on any atom is 0.246 e. The van der Waals surface area contributed by atoms with Crippen LogP contribution in [0.5, 0.6) is 0 Å². The number of hydrogen-bond acceptors (Lipinski definition) is 5. The van der Waals surface area contributed by atoms with Crippen molar-refractivity contribution >= 4 is 15.7 Å². The van der Waals surface area contributed by atoms with Crippen LogP contribution in [0.3, 0.4) is 0 Å². The largest absolute Gasteiger partial charge is 0.384 e. The molecule has 0 aliphatic carbocycles. The average molecular weight is 313 g/mol. The fourth-order valence-corrected chi connectivity index (χ4v) is 3.99. The minimum Gasteiger partial charge on any atom is -0.384 e. The third-order valence-corrected chi connectivity index (χ3v) is 5.23. The summed E-state index contributed by atoms with van der Waals surface area (Å²) < 4.78 is 32.8. The summed E-state index contributed by atoms with van der Waals surface area (Å²) in [5, 5.41) is 3.15. The highest BCUT2D eigenvalue weighted by Gasteiger charge is 2.36. The molecule has 2 heterocycles. The molecule has 0 atom stereocenters. The van der Waals surface area contributed by atoms with Crippen LogP contribution in [0.4, 0.5) is 5.69 Å². The molecule has 118 valence electrons. The fourth-order valence-electron chi connectivity index (χ4n) is 2.31. The predicted molar refractivity (Wildman–Crippen MR) is 81.8 cm³/mol. The van der Waals surface area contributed by atoms with Crippen molar-refractivity contribution in [1.82, 2.24) is 9.29 Å². The molecule has 0 unspecified atom stereocenters. The normalized spacial score (nSPS) is 19.4. The predicted octanol–water partition coefficient (Wildman–Crippen LogP) is 1.70. The van der Waals surface area contributed by atoms with Gasteiger partial charge in [0.2, 0.25) is 10.0 Å². The Morgan fingerprint density at radius 3 is 2.90 bits per heavy atom. The van der Waals surface area contributed by atoms with Gasteiger partial charge in [-0.05, 0) is 26.3 Å². The molecule has 1 saturated heterocycles. The highest BCUT2D eigenvalue weighted by atomic mass is 32.2. The number of anilines is 1. The minimum atomic E-state index is -3.57. The van der Waals surface area contributed by atoms with E-state index in [1.807, 2.05) is 20.8 Å². The molecule has 1 aromatic heterocycles. The van der Waals surface area contributed by atoms with E-state index in [2.05, 4.69) is 10.3 Å². The molecule has 21 heavy (non-hydrogen) atoms. The van der Waals surface area contributed by atoms with Crippen molar-refractivity contribution in [3.63, 3.8) is 0 Å². The lowest BCUT2D eigenvalue weighted by Gasteiger charge is -2.37. The van der Waals surface area contributed by atoms with Gasteiger partial charge in [0.1, 0.15) is 4.90 Å². The monoisotopic (exact) mass is 313 g/mol. The molecule has 1 fully saturated rings. The van der Waals surface area contributed by atoms with Crippen molar-refractivity contribution < 1.29 is 13.2 Å². The zero-order chi connectivity index (χ0) is 15.5. The Morgan fingerprint density at radius 2 is 2.24 bits per heavy atom. The number of nitrogens with zero attached hydrogens (tertiary/aromatic N) is 2. The Labute approximate surface area is 126 Å². The fraction of sp³-hybridized carbons (Fsp3) is 0.643. The van der Waals surface area contributed by atoms with Gasteiger partial charge in [0.15, 0.2) is 0 Å². The van der Waals surface area contributed by atoms with Crippen LogP contribution in [0.2, 0.25) is 0 Å². The summed E-state index contributed by atoms with van der Waals surface area (Å²) in [6, 6.07) is 1.70. The number of rotatable bonds is 5. The summed E-state index contributed by atoms with van der Waals surface area (Å²) in [5.41, 5.74) is 0.140. The molecule has 1 N–H and O–H groups in total. The minimum absolute atomic E-state index is 0.233. The third-order valence-electron chi connectivity index (χ3n) is 3.36. The van der Waals surface area contributed by atoms with Crippen LogP contribution in [0, 0.1) is 0 Å². The van der Waals surface area contributed by atoms with Crippen LogP contribution in [-0.4, -0.2) is 49.5 Å². The summed E-state index contributed by atoms with van der Waals surface area (Å²) >= 11 is 0. The van der Waals surface area contributed by atoms with Gasteiger partial charge in [0, 0.05) is 32.0 Å². The average Bonchev–Trinajstić information content (AvgIpc) is 2.44. The van der Waals surface area contributed by atoms with Crippen molar-refractivity contribution in [1.29, 1.82) is 0 Å². The lowest BCUT2D eigenvalue weighted by atomic mass is 10.1. The van der Waals surface area contributed by atoms with Gasteiger partial charge in [-0.2, -0.15) is 4.31 Å². The van der Waals surface area contributed by atoms with Gasteiger partial charge in [0.05, 0.1) is 17.9 Å². The van der Waals surface area contributed by atoms with Crippen LogP contribution in [0.15, 0.2) is 23.4 Å². The first kappa shape index (κ1) is 16.2. The smallest absolute Gasteiger partial charge is 0.246 e. The van der Waals surface area contributed by atoms with Gasteiger partial charge < -0.3 is 10.1 Å². The van der Waals surface area contributed by atoms with Crippen molar-refractivity contribution in [2.24, 2.45) is 0 Å². The van der Waals surface area contributed by atoms with Crippen molar-refractivity contribution in [3.05, 3.63) is 18.5 Å². The summed E-state index contributed by atoms with van der Waals surface area (Å²) in [7, 11) is -3.57. The Hall–Kier alpha value is -1.18. The molecular weight excluding hydrogens is 290 g/mol. The van der Waals surface area contributed by atoms with Crippen LogP contribution in [0.1, 0.15) is 27.2 Å². The van der Waals surface area contributed by atoms with E-state index in [0.717, 1.165) is 13.0 Å². The first-order valence-corrected chi connectivity index (χ1v) is 8.63. The number of sulfonamides is 1. The molecule has 0 amide bonds. The molecule has 1 aliphatic heterocycles. The number of pyridine rings is 1. The standard InChI is InChI=1S/C14H23N3O3S/c1-4-6-16-12-5-7-15-10-13(12)21(18,19)17-8-9-20-14(2,3)11-17/h5,7,10H,4,6,8-9,11H2,1-3H3,(H,15,16). The second kappa shape index (κ2) is 6.29.